The average Bonchev–Trinajstić information content (AvgIpc) is 3.44. The van der Waals surface area contributed by atoms with Crippen LogP contribution >= 0.6 is 0 Å². The van der Waals surface area contributed by atoms with Gasteiger partial charge in [0.1, 0.15) is 0 Å². The summed E-state index contributed by atoms with van der Waals surface area (Å²) in [6.45, 7) is 0. The van der Waals surface area contributed by atoms with E-state index in [0.29, 0.717) is 11.6 Å². The minimum Gasteiger partial charge on any atom is -0.289 e. The molecule has 6 rings (SSSR count). The molecule has 5 nitrogen and oxygen atoms in total. The molecular weight excluding hydrogens is 396 g/mol. The van der Waals surface area contributed by atoms with E-state index in [-0.39, 0.29) is 5.78 Å². The van der Waals surface area contributed by atoms with E-state index in [1.54, 1.807) is 0 Å². The summed E-state index contributed by atoms with van der Waals surface area (Å²) in [6.07, 6.45) is 0. The van der Waals surface area contributed by atoms with Crippen LogP contribution in [0.3, 0.4) is 0 Å². The molecule has 0 saturated carbocycles. The Hall–Kier alpha value is -4.51. The molecule has 0 atom stereocenters. The minimum absolute atomic E-state index is 0.231. The van der Waals surface area contributed by atoms with Gasteiger partial charge in [0, 0.05) is 11.4 Å². The van der Waals surface area contributed by atoms with E-state index < -0.39 is 0 Å². The lowest BCUT2D eigenvalue weighted by Gasteiger charge is -2.11. The van der Waals surface area contributed by atoms with E-state index >= 15 is 0 Å². The highest BCUT2D eigenvalue weighted by atomic mass is 16.1. The van der Waals surface area contributed by atoms with E-state index in [0.717, 1.165) is 33.4 Å². The van der Waals surface area contributed by atoms with E-state index in [1.165, 1.54) is 0 Å². The van der Waals surface area contributed by atoms with Crippen molar-refractivity contribution >= 4 is 27.9 Å². The number of para-hydroxylation sites is 6. The monoisotopic (exact) mass is 414 g/mol. The lowest BCUT2D eigenvalue weighted by molar-refractivity contribution is 0.101. The summed E-state index contributed by atoms with van der Waals surface area (Å²) >= 11 is 0. The maximum atomic E-state index is 14.0. The highest BCUT2D eigenvalue weighted by molar-refractivity contribution is 6.08. The van der Waals surface area contributed by atoms with Gasteiger partial charge in [-0.3, -0.25) is 13.9 Å². The van der Waals surface area contributed by atoms with Gasteiger partial charge in [0.2, 0.25) is 0 Å². The lowest BCUT2D eigenvalue weighted by Crippen LogP contribution is -2.15. The maximum Gasteiger partial charge on any atom is 0.264 e. The van der Waals surface area contributed by atoms with Crippen molar-refractivity contribution in [3.63, 3.8) is 0 Å². The zero-order valence-corrected chi connectivity index (χ0v) is 17.1. The SMILES string of the molecule is O=C(c1nc2ccccc2n1-c1ccccc1)c1nc2ccccc2n1-c1ccccc1. The number of carbonyl (C=O) groups is 1. The number of benzene rings is 4. The molecule has 0 radical (unpaired) electrons. The van der Waals surface area contributed by atoms with Crippen molar-refractivity contribution in [2.45, 2.75) is 0 Å². The van der Waals surface area contributed by atoms with E-state index in [4.69, 9.17) is 9.97 Å². The average molecular weight is 414 g/mol. The first-order valence-corrected chi connectivity index (χ1v) is 10.4. The van der Waals surface area contributed by atoms with Crippen LogP contribution in [0.4, 0.5) is 0 Å². The van der Waals surface area contributed by atoms with Gasteiger partial charge in [-0.2, -0.15) is 0 Å². The van der Waals surface area contributed by atoms with Crippen molar-refractivity contribution in [3.05, 3.63) is 121 Å². The number of carbonyl (C=O) groups excluding carboxylic acids is 1. The van der Waals surface area contributed by atoms with Gasteiger partial charge in [0.15, 0.2) is 11.6 Å². The Morgan fingerprint density at radius 3 is 1.31 bits per heavy atom. The highest BCUT2D eigenvalue weighted by Gasteiger charge is 2.26. The van der Waals surface area contributed by atoms with Gasteiger partial charge in [-0.15, -0.1) is 0 Å². The van der Waals surface area contributed by atoms with Crippen LogP contribution in [0.15, 0.2) is 109 Å². The molecule has 0 N–H and O–H groups in total. The quantitative estimate of drug-likeness (QED) is 0.353. The number of hydrogen-bond acceptors (Lipinski definition) is 3. The predicted octanol–water partition coefficient (Wildman–Crippen LogP) is 5.60. The van der Waals surface area contributed by atoms with Crippen molar-refractivity contribution in [3.8, 4) is 11.4 Å². The molecule has 0 saturated heterocycles. The van der Waals surface area contributed by atoms with Crippen LogP contribution < -0.4 is 0 Å². The summed E-state index contributed by atoms with van der Waals surface area (Å²) < 4.78 is 3.82. The van der Waals surface area contributed by atoms with Crippen LogP contribution in [0.25, 0.3) is 33.4 Å². The first-order chi connectivity index (χ1) is 15.8. The fraction of sp³-hybridized carbons (Fsp3) is 0. The Kier molecular flexibility index (Phi) is 4.18. The Morgan fingerprint density at radius 2 is 0.875 bits per heavy atom. The van der Waals surface area contributed by atoms with Gasteiger partial charge < -0.3 is 0 Å². The summed E-state index contributed by atoms with van der Waals surface area (Å²) in [5.74, 6) is 0.444. The van der Waals surface area contributed by atoms with Crippen LogP contribution in [-0.2, 0) is 0 Å². The van der Waals surface area contributed by atoms with Crippen LogP contribution in [0.5, 0.6) is 0 Å². The third kappa shape index (κ3) is 2.83. The molecule has 6 aromatic rings. The predicted molar refractivity (Wildman–Crippen MR) is 126 cm³/mol. The summed E-state index contributed by atoms with van der Waals surface area (Å²) in [5.41, 5.74) is 5.05. The molecule has 0 aliphatic carbocycles. The lowest BCUT2D eigenvalue weighted by atomic mass is 10.2. The van der Waals surface area contributed by atoms with Crippen molar-refractivity contribution in [2.75, 3.05) is 0 Å². The number of nitrogens with zero attached hydrogens (tertiary/aromatic N) is 4. The minimum atomic E-state index is -0.231. The molecule has 0 fully saturated rings. The summed E-state index contributed by atoms with van der Waals surface area (Å²) in [7, 11) is 0. The second-order valence-electron chi connectivity index (χ2n) is 7.52. The molecule has 0 unspecified atom stereocenters. The van der Waals surface area contributed by atoms with Gasteiger partial charge in [-0.1, -0.05) is 60.7 Å². The summed E-state index contributed by atoms with van der Waals surface area (Å²) in [5, 5.41) is 0. The topological polar surface area (TPSA) is 52.7 Å². The van der Waals surface area contributed by atoms with Crippen LogP contribution in [0.2, 0.25) is 0 Å². The fourth-order valence-corrected chi connectivity index (χ4v) is 4.13. The molecule has 0 spiro atoms. The number of aromatic nitrogens is 4. The second-order valence-corrected chi connectivity index (χ2v) is 7.52. The van der Waals surface area contributed by atoms with Crippen molar-refractivity contribution in [2.24, 2.45) is 0 Å². The number of fused-ring (bicyclic) bond motifs is 2. The normalized spacial score (nSPS) is 11.2. The molecule has 152 valence electrons. The summed E-state index contributed by atoms with van der Waals surface area (Å²) in [6, 6.07) is 35.2. The smallest absolute Gasteiger partial charge is 0.264 e. The molecule has 4 aromatic carbocycles. The van der Waals surface area contributed by atoms with Gasteiger partial charge >= 0.3 is 0 Å². The number of ketones is 1. The van der Waals surface area contributed by atoms with Crippen molar-refractivity contribution < 1.29 is 4.79 Å². The van der Waals surface area contributed by atoms with Gasteiger partial charge in [0.05, 0.1) is 22.1 Å². The van der Waals surface area contributed by atoms with Gasteiger partial charge in [-0.25, -0.2) is 9.97 Å². The zero-order valence-electron chi connectivity index (χ0n) is 17.1. The third-order valence-electron chi connectivity index (χ3n) is 5.56. The molecular formula is C27H18N4O. The number of imidazole rings is 2. The van der Waals surface area contributed by atoms with Crippen LogP contribution in [0, 0.1) is 0 Å². The Balaban J connectivity index is 1.64. The highest BCUT2D eigenvalue weighted by Crippen LogP contribution is 2.26. The molecule has 2 aromatic heterocycles. The first kappa shape index (κ1) is 18.3. The Labute approximate surface area is 184 Å². The maximum absolute atomic E-state index is 14.0. The zero-order chi connectivity index (χ0) is 21.5. The van der Waals surface area contributed by atoms with Crippen molar-refractivity contribution in [1.82, 2.24) is 19.1 Å². The Morgan fingerprint density at radius 1 is 0.500 bits per heavy atom. The number of rotatable bonds is 4. The molecule has 2 heterocycles. The van der Waals surface area contributed by atoms with Crippen LogP contribution in [0.1, 0.15) is 16.4 Å². The van der Waals surface area contributed by atoms with Gasteiger partial charge in [-0.05, 0) is 48.5 Å². The molecule has 0 amide bonds. The van der Waals surface area contributed by atoms with E-state index in [9.17, 15) is 4.79 Å². The second kappa shape index (κ2) is 7.32. The fourth-order valence-electron chi connectivity index (χ4n) is 4.13. The molecule has 0 aliphatic rings. The largest absolute Gasteiger partial charge is 0.289 e. The summed E-state index contributed by atoms with van der Waals surface area (Å²) in [4.78, 5) is 23.5. The Bertz CT molecular complexity index is 1460. The molecule has 5 heteroatoms. The van der Waals surface area contributed by atoms with Crippen LogP contribution in [-0.4, -0.2) is 24.9 Å². The third-order valence-corrected chi connectivity index (χ3v) is 5.56. The number of hydrogen-bond donors (Lipinski definition) is 0. The van der Waals surface area contributed by atoms with E-state index in [2.05, 4.69) is 0 Å². The molecule has 32 heavy (non-hydrogen) atoms. The van der Waals surface area contributed by atoms with Crippen molar-refractivity contribution in [1.29, 1.82) is 0 Å². The van der Waals surface area contributed by atoms with E-state index in [1.807, 2.05) is 118 Å². The van der Waals surface area contributed by atoms with Gasteiger partial charge in [0.25, 0.3) is 5.78 Å². The first-order valence-electron chi connectivity index (χ1n) is 10.4. The standard InChI is InChI=1S/C27H18N4O/c32-25(26-28-21-15-7-9-17-23(21)30(26)19-11-3-1-4-12-19)27-29-22-16-8-10-18-24(22)31(27)20-13-5-2-6-14-20/h1-18H. The molecule has 0 bridgehead atoms. The molecule has 0 aliphatic heterocycles.